The standard InChI is InChI=1S/C22H20ClF3N2O3/c23-15-3-5-16(6-4-15)28-17(11-20(27-28)22(24,25)26)12-31-18-7-8-19-13(9-18)1-2-14(19)10-21(29)30/h3-9,14,17H,1-2,10-12H2,(H,29,30). The normalized spacial score (nSPS) is 20.5. The Morgan fingerprint density at radius 2 is 1.97 bits per heavy atom. The van der Waals surface area contributed by atoms with Crippen molar-refractivity contribution in [3.05, 3.63) is 58.6 Å². The highest BCUT2D eigenvalue weighted by molar-refractivity contribution is 6.30. The molecule has 0 radical (unpaired) electrons. The third kappa shape index (κ3) is 4.79. The molecule has 0 amide bonds. The molecule has 0 saturated carbocycles. The van der Waals surface area contributed by atoms with E-state index in [9.17, 15) is 18.0 Å². The Hall–Kier alpha value is -2.74. The SMILES string of the molecule is O=C(O)CC1CCc2cc(OCC3CC(C(F)(F)F)=NN3c3ccc(Cl)cc3)ccc21. The average molecular weight is 453 g/mol. The zero-order valence-electron chi connectivity index (χ0n) is 16.4. The fourth-order valence-corrected chi connectivity index (χ4v) is 4.24. The fraction of sp³-hybridized carbons (Fsp3) is 0.364. The second-order valence-electron chi connectivity index (χ2n) is 7.73. The van der Waals surface area contributed by atoms with E-state index in [2.05, 4.69) is 5.10 Å². The first-order chi connectivity index (χ1) is 14.7. The molecule has 9 heteroatoms. The van der Waals surface area contributed by atoms with E-state index in [-0.39, 0.29) is 25.4 Å². The molecule has 2 unspecified atom stereocenters. The summed E-state index contributed by atoms with van der Waals surface area (Å²) >= 11 is 5.89. The van der Waals surface area contributed by atoms with Gasteiger partial charge in [-0.2, -0.15) is 18.3 Å². The molecule has 2 aromatic rings. The van der Waals surface area contributed by atoms with E-state index in [1.165, 1.54) is 5.01 Å². The largest absolute Gasteiger partial charge is 0.491 e. The van der Waals surface area contributed by atoms with Gasteiger partial charge in [-0.3, -0.25) is 9.80 Å². The van der Waals surface area contributed by atoms with Crippen LogP contribution in [-0.2, 0) is 11.2 Å². The summed E-state index contributed by atoms with van der Waals surface area (Å²) in [5.41, 5.74) is 1.68. The van der Waals surface area contributed by atoms with E-state index >= 15 is 0 Å². The number of fused-ring (bicyclic) bond motifs is 1. The van der Waals surface area contributed by atoms with Gasteiger partial charge in [0.2, 0.25) is 0 Å². The Morgan fingerprint density at radius 3 is 2.65 bits per heavy atom. The molecule has 0 bridgehead atoms. The molecule has 164 valence electrons. The van der Waals surface area contributed by atoms with Gasteiger partial charge in [0.25, 0.3) is 0 Å². The summed E-state index contributed by atoms with van der Waals surface area (Å²) in [6, 6.07) is 11.3. The predicted molar refractivity (Wildman–Crippen MR) is 111 cm³/mol. The van der Waals surface area contributed by atoms with Crippen molar-refractivity contribution in [3.8, 4) is 5.75 Å². The first kappa shape index (κ1) is 21.5. The Kier molecular flexibility index (Phi) is 5.83. The lowest BCUT2D eigenvalue weighted by Gasteiger charge is -2.24. The van der Waals surface area contributed by atoms with E-state index < -0.39 is 23.9 Å². The van der Waals surface area contributed by atoms with Gasteiger partial charge in [0.1, 0.15) is 18.1 Å². The number of hydrogen-bond donors (Lipinski definition) is 1. The number of halogens is 4. The second-order valence-corrected chi connectivity index (χ2v) is 8.16. The molecule has 2 atom stereocenters. The molecule has 5 nitrogen and oxygen atoms in total. The number of ether oxygens (including phenoxy) is 1. The van der Waals surface area contributed by atoms with Gasteiger partial charge in [0.15, 0.2) is 0 Å². The summed E-state index contributed by atoms with van der Waals surface area (Å²) in [5.74, 6) is -0.298. The molecule has 0 fully saturated rings. The molecule has 1 heterocycles. The van der Waals surface area contributed by atoms with Crippen molar-refractivity contribution in [2.75, 3.05) is 11.6 Å². The van der Waals surface area contributed by atoms with Gasteiger partial charge in [0, 0.05) is 11.4 Å². The minimum atomic E-state index is -4.51. The van der Waals surface area contributed by atoms with Crippen LogP contribution in [-0.4, -0.2) is 35.6 Å². The van der Waals surface area contributed by atoms with Crippen LogP contribution in [0.4, 0.5) is 18.9 Å². The number of rotatable bonds is 6. The molecule has 4 rings (SSSR count). The Bertz CT molecular complexity index is 1010. The number of hydrogen-bond acceptors (Lipinski definition) is 4. The molecule has 2 aliphatic rings. The summed E-state index contributed by atoms with van der Waals surface area (Å²) in [4.78, 5) is 11.0. The molecule has 2 aromatic carbocycles. The highest BCUT2D eigenvalue weighted by Gasteiger charge is 2.43. The molecule has 0 saturated heterocycles. The number of nitrogens with zero attached hydrogens (tertiary/aromatic N) is 2. The molecule has 0 aromatic heterocycles. The highest BCUT2D eigenvalue weighted by Crippen LogP contribution is 2.38. The van der Waals surface area contributed by atoms with Gasteiger partial charge >= 0.3 is 12.1 Å². The van der Waals surface area contributed by atoms with Crippen LogP contribution in [0.25, 0.3) is 0 Å². The van der Waals surface area contributed by atoms with Crippen molar-refractivity contribution in [2.45, 2.75) is 43.8 Å². The highest BCUT2D eigenvalue weighted by atomic mass is 35.5. The van der Waals surface area contributed by atoms with E-state index in [0.29, 0.717) is 16.5 Å². The van der Waals surface area contributed by atoms with Gasteiger partial charge in [-0.25, -0.2) is 0 Å². The summed E-state index contributed by atoms with van der Waals surface area (Å²) in [5, 5.41) is 14.6. The monoisotopic (exact) mass is 452 g/mol. The molecular formula is C22H20ClF3N2O3. The zero-order valence-corrected chi connectivity index (χ0v) is 17.2. The minimum Gasteiger partial charge on any atom is -0.491 e. The van der Waals surface area contributed by atoms with Gasteiger partial charge < -0.3 is 9.84 Å². The van der Waals surface area contributed by atoms with Crippen LogP contribution in [0.15, 0.2) is 47.6 Å². The maximum Gasteiger partial charge on any atom is 0.431 e. The fourth-order valence-electron chi connectivity index (χ4n) is 4.11. The number of benzene rings is 2. The number of carbonyl (C=O) groups is 1. The third-order valence-electron chi connectivity index (χ3n) is 5.60. The number of carboxylic acids is 1. The Balaban J connectivity index is 1.48. The van der Waals surface area contributed by atoms with E-state index in [1.807, 2.05) is 12.1 Å². The van der Waals surface area contributed by atoms with Crippen molar-refractivity contribution in [1.82, 2.24) is 0 Å². The number of anilines is 1. The van der Waals surface area contributed by atoms with Gasteiger partial charge in [-0.15, -0.1) is 0 Å². The number of aryl methyl sites for hydroxylation is 1. The van der Waals surface area contributed by atoms with Crippen LogP contribution >= 0.6 is 11.6 Å². The summed E-state index contributed by atoms with van der Waals surface area (Å²) in [7, 11) is 0. The molecule has 0 spiro atoms. The third-order valence-corrected chi connectivity index (χ3v) is 5.85. The molecule has 1 N–H and O–H groups in total. The average Bonchev–Trinajstić information content (AvgIpc) is 3.31. The summed E-state index contributed by atoms with van der Waals surface area (Å²) in [6.45, 7) is 0.0169. The Labute approximate surface area is 182 Å². The zero-order chi connectivity index (χ0) is 22.2. The summed E-state index contributed by atoms with van der Waals surface area (Å²) < 4.78 is 45.6. The van der Waals surface area contributed by atoms with Crippen LogP contribution in [0, 0.1) is 0 Å². The van der Waals surface area contributed by atoms with E-state index in [4.69, 9.17) is 21.4 Å². The minimum absolute atomic E-state index is 0.0143. The first-order valence-electron chi connectivity index (χ1n) is 9.87. The van der Waals surface area contributed by atoms with Crippen molar-refractivity contribution >= 4 is 29.0 Å². The first-order valence-corrected chi connectivity index (χ1v) is 10.3. The van der Waals surface area contributed by atoms with Crippen molar-refractivity contribution < 1.29 is 27.8 Å². The van der Waals surface area contributed by atoms with Crippen LogP contribution in [0.5, 0.6) is 5.75 Å². The Morgan fingerprint density at radius 1 is 1.23 bits per heavy atom. The number of carboxylic acid groups (broad SMARTS) is 1. The molecule has 1 aliphatic heterocycles. The van der Waals surface area contributed by atoms with Gasteiger partial charge in [-0.1, -0.05) is 17.7 Å². The lowest BCUT2D eigenvalue weighted by atomic mass is 9.98. The van der Waals surface area contributed by atoms with Crippen molar-refractivity contribution in [1.29, 1.82) is 0 Å². The number of aliphatic carboxylic acids is 1. The second kappa shape index (κ2) is 8.42. The maximum absolute atomic E-state index is 13.3. The van der Waals surface area contributed by atoms with E-state index in [1.54, 1.807) is 30.3 Å². The van der Waals surface area contributed by atoms with Crippen LogP contribution in [0.2, 0.25) is 5.02 Å². The maximum atomic E-state index is 13.3. The van der Waals surface area contributed by atoms with Crippen LogP contribution in [0.1, 0.15) is 36.3 Å². The van der Waals surface area contributed by atoms with E-state index in [0.717, 1.165) is 24.0 Å². The van der Waals surface area contributed by atoms with Gasteiger partial charge in [0.05, 0.1) is 18.2 Å². The lowest BCUT2D eigenvalue weighted by molar-refractivity contribution is -0.137. The predicted octanol–water partition coefficient (Wildman–Crippen LogP) is 5.42. The van der Waals surface area contributed by atoms with Gasteiger partial charge in [-0.05, 0) is 66.3 Å². The van der Waals surface area contributed by atoms with Crippen LogP contribution in [0.3, 0.4) is 0 Å². The number of hydrazone groups is 1. The quantitative estimate of drug-likeness (QED) is 0.635. The molecule has 1 aliphatic carbocycles. The van der Waals surface area contributed by atoms with Crippen LogP contribution < -0.4 is 9.75 Å². The van der Waals surface area contributed by atoms with Crippen molar-refractivity contribution in [2.24, 2.45) is 5.10 Å². The smallest absolute Gasteiger partial charge is 0.431 e. The number of alkyl halides is 3. The summed E-state index contributed by atoms with van der Waals surface area (Å²) in [6.07, 6.45) is -3.18. The topological polar surface area (TPSA) is 62.1 Å². The molecule has 31 heavy (non-hydrogen) atoms. The van der Waals surface area contributed by atoms with Crippen molar-refractivity contribution in [3.63, 3.8) is 0 Å². The lowest BCUT2D eigenvalue weighted by Crippen LogP contribution is -2.33. The molecular weight excluding hydrogens is 433 g/mol.